The zero-order chi connectivity index (χ0) is 13.8. The molecule has 0 aromatic heterocycles. The van der Waals surface area contributed by atoms with Crippen molar-refractivity contribution in [1.82, 2.24) is 5.32 Å². The van der Waals surface area contributed by atoms with E-state index in [9.17, 15) is 9.18 Å². The van der Waals surface area contributed by atoms with Crippen LogP contribution < -0.4 is 15.8 Å². The first-order valence-corrected chi connectivity index (χ1v) is 5.77. The van der Waals surface area contributed by atoms with Crippen molar-refractivity contribution in [3.8, 4) is 5.75 Å². The van der Waals surface area contributed by atoms with Gasteiger partial charge in [-0.15, -0.1) is 0 Å². The molecule has 1 aromatic rings. The molecule has 0 aliphatic carbocycles. The van der Waals surface area contributed by atoms with Gasteiger partial charge in [0.05, 0.1) is 12.1 Å². The van der Waals surface area contributed by atoms with E-state index in [1.165, 1.54) is 12.1 Å². The fraction of sp³-hybridized carbons (Fsp3) is 0.462. The van der Waals surface area contributed by atoms with Gasteiger partial charge in [0, 0.05) is 6.42 Å². The van der Waals surface area contributed by atoms with Crippen molar-refractivity contribution >= 4 is 5.91 Å². The molecule has 4 nitrogen and oxygen atoms in total. The molecular weight excluding hydrogens is 235 g/mol. The van der Waals surface area contributed by atoms with Gasteiger partial charge < -0.3 is 15.8 Å². The van der Waals surface area contributed by atoms with E-state index in [4.69, 9.17) is 10.5 Å². The number of rotatable bonds is 6. The molecule has 0 radical (unpaired) electrons. The molecule has 0 aliphatic heterocycles. The van der Waals surface area contributed by atoms with Crippen LogP contribution in [0.5, 0.6) is 5.75 Å². The Labute approximate surface area is 106 Å². The highest BCUT2D eigenvalue weighted by Gasteiger charge is 2.28. The minimum absolute atomic E-state index is 0.294. The maximum absolute atomic E-state index is 12.9. The molecule has 1 unspecified atom stereocenters. The molecule has 0 saturated carbocycles. The van der Waals surface area contributed by atoms with Gasteiger partial charge >= 0.3 is 0 Å². The first-order chi connectivity index (χ1) is 8.39. The Balaban J connectivity index is 2.58. The minimum atomic E-state index is -0.798. The first kappa shape index (κ1) is 14.4. The summed E-state index contributed by atoms with van der Waals surface area (Å²) in [6.45, 7) is 3.81. The van der Waals surface area contributed by atoms with Crippen molar-refractivity contribution in [3.05, 3.63) is 29.6 Å². The second-order valence-electron chi connectivity index (χ2n) is 4.45. The van der Waals surface area contributed by atoms with Crippen LogP contribution in [0.25, 0.3) is 0 Å². The Bertz CT molecular complexity index is 437. The van der Waals surface area contributed by atoms with E-state index in [1.807, 2.05) is 0 Å². The Morgan fingerprint density at radius 2 is 2.22 bits per heavy atom. The summed E-state index contributed by atoms with van der Waals surface area (Å²) in [5, 5.41) is 2.87. The summed E-state index contributed by atoms with van der Waals surface area (Å²) in [5.74, 6) is -0.110. The second-order valence-corrected chi connectivity index (χ2v) is 4.45. The SMILES string of the molecule is CNC(C)(CCOc1ccc(F)cc1C)C(N)=O. The van der Waals surface area contributed by atoms with E-state index in [2.05, 4.69) is 5.32 Å². The van der Waals surface area contributed by atoms with Crippen molar-refractivity contribution in [2.75, 3.05) is 13.7 Å². The van der Waals surface area contributed by atoms with Gasteiger partial charge in [0.1, 0.15) is 11.6 Å². The molecule has 0 aliphatic rings. The van der Waals surface area contributed by atoms with Crippen molar-refractivity contribution in [1.29, 1.82) is 0 Å². The molecule has 1 amide bonds. The molecule has 0 fully saturated rings. The average Bonchev–Trinajstić information content (AvgIpc) is 2.31. The van der Waals surface area contributed by atoms with Crippen molar-refractivity contribution in [3.63, 3.8) is 0 Å². The largest absolute Gasteiger partial charge is 0.493 e. The molecule has 0 spiro atoms. The van der Waals surface area contributed by atoms with E-state index < -0.39 is 11.4 Å². The molecular formula is C13H19FN2O2. The molecule has 0 saturated heterocycles. The topological polar surface area (TPSA) is 64.3 Å². The smallest absolute Gasteiger partial charge is 0.237 e. The maximum atomic E-state index is 12.9. The van der Waals surface area contributed by atoms with Crippen LogP contribution in [0, 0.1) is 12.7 Å². The van der Waals surface area contributed by atoms with Crippen LogP contribution in [0.4, 0.5) is 4.39 Å². The minimum Gasteiger partial charge on any atom is -0.493 e. The van der Waals surface area contributed by atoms with Crippen LogP contribution in [0.15, 0.2) is 18.2 Å². The van der Waals surface area contributed by atoms with Crippen LogP contribution in [-0.4, -0.2) is 25.1 Å². The molecule has 100 valence electrons. The van der Waals surface area contributed by atoms with Gasteiger partial charge in [-0.2, -0.15) is 0 Å². The summed E-state index contributed by atoms with van der Waals surface area (Å²) in [4.78, 5) is 11.3. The number of nitrogens with two attached hydrogens (primary N) is 1. The normalized spacial score (nSPS) is 14.0. The third-order valence-electron chi connectivity index (χ3n) is 3.09. The predicted molar refractivity (Wildman–Crippen MR) is 67.9 cm³/mol. The molecule has 1 rings (SSSR count). The molecule has 0 bridgehead atoms. The third kappa shape index (κ3) is 3.43. The first-order valence-electron chi connectivity index (χ1n) is 5.77. The Morgan fingerprint density at radius 1 is 1.56 bits per heavy atom. The number of primary amides is 1. The number of halogens is 1. The van der Waals surface area contributed by atoms with Gasteiger partial charge in [-0.3, -0.25) is 4.79 Å². The van der Waals surface area contributed by atoms with E-state index in [-0.39, 0.29) is 5.82 Å². The zero-order valence-electron chi connectivity index (χ0n) is 10.9. The summed E-state index contributed by atoms with van der Waals surface area (Å²) in [6, 6.07) is 4.32. The number of amides is 1. The van der Waals surface area contributed by atoms with Crippen molar-refractivity contribution in [2.45, 2.75) is 25.8 Å². The predicted octanol–water partition coefficient (Wildman–Crippen LogP) is 1.37. The van der Waals surface area contributed by atoms with E-state index in [0.717, 1.165) is 5.56 Å². The Morgan fingerprint density at radius 3 is 2.72 bits per heavy atom. The number of likely N-dealkylation sites (N-methyl/N-ethyl adjacent to an activating group) is 1. The lowest BCUT2D eigenvalue weighted by Gasteiger charge is -2.25. The van der Waals surface area contributed by atoms with E-state index in [0.29, 0.717) is 18.8 Å². The standard InChI is InChI=1S/C13H19FN2O2/c1-9-8-10(14)4-5-11(9)18-7-6-13(2,16-3)12(15)17/h4-5,8,16H,6-7H2,1-3H3,(H2,15,17). The number of ether oxygens (including phenoxy) is 1. The van der Waals surface area contributed by atoms with Gasteiger partial charge in [0.15, 0.2) is 0 Å². The Kier molecular flexibility index (Phi) is 4.67. The lowest BCUT2D eigenvalue weighted by Crippen LogP contribution is -2.52. The molecule has 1 aromatic carbocycles. The van der Waals surface area contributed by atoms with E-state index >= 15 is 0 Å². The third-order valence-corrected chi connectivity index (χ3v) is 3.09. The molecule has 1 atom stereocenters. The molecule has 3 N–H and O–H groups in total. The maximum Gasteiger partial charge on any atom is 0.237 e. The quantitative estimate of drug-likeness (QED) is 0.805. The van der Waals surface area contributed by atoms with Gasteiger partial charge in [-0.25, -0.2) is 4.39 Å². The Hall–Kier alpha value is -1.62. The van der Waals surface area contributed by atoms with Gasteiger partial charge in [-0.05, 0) is 44.7 Å². The lowest BCUT2D eigenvalue weighted by molar-refractivity contribution is -0.124. The molecule has 5 heteroatoms. The highest BCUT2D eigenvalue weighted by Crippen LogP contribution is 2.19. The highest BCUT2D eigenvalue weighted by atomic mass is 19.1. The fourth-order valence-electron chi connectivity index (χ4n) is 1.51. The number of hydrogen-bond acceptors (Lipinski definition) is 3. The summed E-state index contributed by atoms with van der Waals surface area (Å²) in [7, 11) is 1.67. The zero-order valence-corrected chi connectivity index (χ0v) is 10.9. The highest BCUT2D eigenvalue weighted by molar-refractivity contribution is 5.84. The van der Waals surface area contributed by atoms with Gasteiger partial charge in [-0.1, -0.05) is 0 Å². The molecule has 18 heavy (non-hydrogen) atoms. The monoisotopic (exact) mass is 254 g/mol. The average molecular weight is 254 g/mol. The number of nitrogens with one attached hydrogen (secondary N) is 1. The van der Waals surface area contributed by atoms with Crippen LogP contribution in [-0.2, 0) is 4.79 Å². The van der Waals surface area contributed by atoms with Gasteiger partial charge in [0.25, 0.3) is 0 Å². The summed E-state index contributed by atoms with van der Waals surface area (Å²) in [5.41, 5.74) is 5.23. The van der Waals surface area contributed by atoms with Crippen LogP contribution in [0.2, 0.25) is 0 Å². The van der Waals surface area contributed by atoms with Crippen molar-refractivity contribution in [2.24, 2.45) is 5.73 Å². The van der Waals surface area contributed by atoms with Crippen molar-refractivity contribution < 1.29 is 13.9 Å². The van der Waals surface area contributed by atoms with Crippen LogP contribution in [0.1, 0.15) is 18.9 Å². The van der Waals surface area contributed by atoms with E-state index in [1.54, 1.807) is 27.0 Å². The second kappa shape index (κ2) is 5.82. The van der Waals surface area contributed by atoms with Crippen LogP contribution in [0.3, 0.4) is 0 Å². The lowest BCUT2D eigenvalue weighted by atomic mass is 9.98. The summed E-state index contributed by atoms with van der Waals surface area (Å²) >= 11 is 0. The number of aryl methyl sites for hydroxylation is 1. The summed E-state index contributed by atoms with van der Waals surface area (Å²) < 4.78 is 18.4. The number of carbonyl (C=O) groups excluding carboxylic acids is 1. The van der Waals surface area contributed by atoms with Crippen LogP contribution >= 0.6 is 0 Å². The number of benzene rings is 1. The number of carbonyl (C=O) groups is 1. The fourth-order valence-corrected chi connectivity index (χ4v) is 1.51. The summed E-state index contributed by atoms with van der Waals surface area (Å²) in [6.07, 6.45) is 0.440. The number of hydrogen-bond donors (Lipinski definition) is 2. The van der Waals surface area contributed by atoms with Gasteiger partial charge in [0.2, 0.25) is 5.91 Å². The molecule has 0 heterocycles.